The average Bonchev–Trinajstić information content (AvgIpc) is 3.43. The maximum Gasteiger partial charge on any atom is 0.335 e. The van der Waals surface area contributed by atoms with Crippen molar-refractivity contribution in [3.63, 3.8) is 0 Å². The maximum absolute atomic E-state index is 14.3. The Morgan fingerprint density at radius 3 is 1.79 bits per heavy atom. The van der Waals surface area contributed by atoms with E-state index in [-0.39, 0.29) is 45.3 Å². The second-order valence-corrected chi connectivity index (χ2v) is 20.7. The van der Waals surface area contributed by atoms with E-state index in [4.69, 9.17) is 33.5 Å². The van der Waals surface area contributed by atoms with E-state index in [0.717, 1.165) is 57.1 Å². The van der Waals surface area contributed by atoms with Crippen LogP contribution in [-0.4, -0.2) is 200 Å². The second-order valence-electron chi connectivity index (χ2n) is 20.4. The van der Waals surface area contributed by atoms with Crippen LogP contribution < -0.4 is 65.1 Å². The zero-order valence-electron chi connectivity index (χ0n) is 48.4. The van der Waals surface area contributed by atoms with Crippen molar-refractivity contribution in [3.05, 3.63) is 47.2 Å². The molecular weight excluding hydrogens is 1160 g/mol. The lowest BCUT2D eigenvalue weighted by Crippen LogP contribution is -2.62. The Bertz CT molecular complexity index is 2510. The highest BCUT2D eigenvalue weighted by Gasteiger charge is 2.41. The summed E-state index contributed by atoms with van der Waals surface area (Å²) in [4.78, 5) is 163. The number of cyclic esters (lactones) is 1. The lowest BCUT2D eigenvalue weighted by Gasteiger charge is -2.28. The number of carboxylic acids is 2. The van der Waals surface area contributed by atoms with E-state index in [1.165, 1.54) is 6.92 Å². The highest BCUT2D eigenvalue weighted by atomic mass is 35.5. The Balaban J connectivity index is 2.82. The van der Waals surface area contributed by atoms with Crippen molar-refractivity contribution in [3.8, 4) is 0 Å². The molecule has 12 atom stereocenters. The predicted molar refractivity (Wildman–Crippen MR) is 306 cm³/mol. The monoisotopic (exact) mass is 1240 g/mol. The normalized spacial score (nSPS) is 24.0. The van der Waals surface area contributed by atoms with Crippen LogP contribution >= 0.6 is 11.6 Å². The van der Waals surface area contributed by atoms with Crippen molar-refractivity contribution in [2.75, 3.05) is 32.1 Å². The summed E-state index contributed by atoms with van der Waals surface area (Å²) in [5.74, 6) is -18.0. The number of ether oxygens (including phenoxy) is 1. The topological polar surface area (TPSA) is 522 Å². The van der Waals surface area contributed by atoms with Gasteiger partial charge in [0.2, 0.25) is 47.3 Å². The number of allylic oxidation sites excluding steroid dienone is 1. The van der Waals surface area contributed by atoms with Crippen LogP contribution in [0, 0.1) is 0 Å². The van der Waals surface area contributed by atoms with E-state index in [1.54, 1.807) is 18.2 Å². The number of hydrogen-bond acceptors (Lipinski definition) is 20. The van der Waals surface area contributed by atoms with E-state index in [1.807, 2.05) is 16.7 Å². The van der Waals surface area contributed by atoms with Gasteiger partial charge in [-0.05, 0) is 89.6 Å². The van der Waals surface area contributed by atoms with Crippen LogP contribution in [0.2, 0.25) is 0 Å². The summed E-state index contributed by atoms with van der Waals surface area (Å²) in [7, 11) is 0. The number of alkyl halides is 1. The molecule has 31 nitrogen and oxygen atoms in total. The van der Waals surface area contributed by atoms with Crippen LogP contribution in [0.3, 0.4) is 0 Å². The molecule has 21 N–H and O–H groups in total. The first-order valence-corrected chi connectivity index (χ1v) is 28.8. The summed E-state index contributed by atoms with van der Waals surface area (Å²) in [5.41, 5.74) is 17.7. The summed E-state index contributed by atoms with van der Waals surface area (Å²) in [6.45, 7) is 2.54. The number of nitrogens with one attached hydrogen (secondary N) is 9. The Kier molecular flexibility index (Phi) is 34.2. The van der Waals surface area contributed by atoms with E-state index in [9.17, 15) is 88.2 Å². The average molecular weight is 1240 g/mol. The minimum absolute atomic E-state index is 0.118. The number of rotatable bonds is 26. The largest absolute Gasteiger partial charge is 0.481 e. The van der Waals surface area contributed by atoms with Gasteiger partial charge in [0.15, 0.2) is 12.1 Å². The molecule has 1 saturated heterocycles. The number of aryl methyl sites for hydroxylation is 1. The smallest absolute Gasteiger partial charge is 0.335 e. The van der Waals surface area contributed by atoms with Crippen molar-refractivity contribution in [2.24, 2.45) is 17.2 Å². The zero-order chi connectivity index (χ0) is 64.6. The van der Waals surface area contributed by atoms with Gasteiger partial charge >= 0.3 is 17.9 Å². The van der Waals surface area contributed by atoms with Gasteiger partial charge in [0.25, 0.3) is 5.91 Å². The third kappa shape index (κ3) is 25.7. The van der Waals surface area contributed by atoms with Gasteiger partial charge in [0.05, 0.1) is 37.0 Å². The number of carboxylic acid groups (broad SMARTS) is 2. The number of amides is 9. The number of aliphatic hydroxyl groups is 4. The number of nitrogens with two attached hydrogens (primary N) is 3. The summed E-state index contributed by atoms with van der Waals surface area (Å²) < 4.78 is 5.31. The van der Waals surface area contributed by atoms with Crippen molar-refractivity contribution < 1.29 is 92.9 Å². The standard InChI is InChI=1S/C54H85ClN12O19/c1-4-6-7-8-9-10-14-29-15-13-16-30(23-29)37(69)25-39(71)59-36-27-86-54(85)42(38(70)26-55)66-52(82)43(44(74)53(83)84)67-45(75)31(5-2)60-51(81)41(28(3)68)65-48(78)34(19-22-58)62-46(76)32(17-11-12-20-56)61-49(79)35(24-40(72)73)64-47(77)33(18-21-57)63-50(36)80/h5,13,15-16,23,28,32-38,41-44,68-70,74H,4,6-12,14,17-22,24-27,56-58H2,1-3H3,(H,59,71)(H,60,81)(H,61,79)(H,62,76)(H,63,80)(H,64,77)(H,65,78)(H,66,82)(H,67,75)(H,72,73)(H,83,84)/b31-5-/t28-,32-,33-,34-,35-,36+,37+,38-,41+,42-,43+,44+/m1/s1. The van der Waals surface area contributed by atoms with Gasteiger partial charge in [0, 0.05) is 0 Å². The van der Waals surface area contributed by atoms with Gasteiger partial charge in [-0.3, -0.25) is 47.9 Å². The third-order valence-corrected chi connectivity index (χ3v) is 13.7. The molecule has 2 rings (SSSR count). The third-order valence-electron chi connectivity index (χ3n) is 13.4. The molecule has 1 fully saturated rings. The molecule has 0 radical (unpaired) electrons. The molecule has 0 aliphatic carbocycles. The lowest BCUT2D eigenvalue weighted by molar-refractivity contribution is -0.155. The number of unbranched alkanes of at least 4 members (excludes halogenated alkanes) is 6. The van der Waals surface area contributed by atoms with Gasteiger partial charge in [-0.15, -0.1) is 11.6 Å². The zero-order valence-corrected chi connectivity index (χ0v) is 49.1. The van der Waals surface area contributed by atoms with E-state index >= 15 is 0 Å². The molecule has 32 heteroatoms. The highest BCUT2D eigenvalue weighted by molar-refractivity contribution is 6.18. The van der Waals surface area contributed by atoms with Crippen LogP contribution in [0.4, 0.5) is 0 Å². The van der Waals surface area contributed by atoms with Gasteiger partial charge in [0.1, 0.15) is 54.6 Å². The van der Waals surface area contributed by atoms with Crippen molar-refractivity contribution in [1.29, 1.82) is 0 Å². The SMILES string of the molecule is C/C=C1\NC(=O)[C@H]([C@@H](C)O)NC(=O)[C@@H](CCN)NC(=O)[C@@H](CCCCN)NC(=O)[C@@H](CC(=O)O)NC(=O)[C@@H](CCN)NC(=O)[C@@H](NC(=O)C[C@H](O)c2cccc(CCCCCCCC)c2)COC(=O)[C@@H]([C@H](O)CCl)NC(=O)[C@H]([C@H](O)C(=O)O)NC1=O. The quantitative estimate of drug-likeness (QED) is 0.0179. The minimum atomic E-state index is -2.84. The van der Waals surface area contributed by atoms with Crippen molar-refractivity contribution in [1.82, 2.24) is 47.9 Å². The molecule has 1 aromatic carbocycles. The van der Waals surface area contributed by atoms with Gasteiger partial charge < -0.3 is 100 Å². The Labute approximate surface area is 501 Å². The van der Waals surface area contributed by atoms with Crippen LogP contribution in [0.15, 0.2) is 36.0 Å². The molecule has 1 aromatic rings. The Morgan fingerprint density at radius 1 is 0.674 bits per heavy atom. The first-order chi connectivity index (χ1) is 40.8. The molecule has 86 heavy (non-hydrogen) atoms. The minimum Gasteiger partial charge on any atom is -0.481 e. The summed E-state index contributed by atoms with van der Waals surface area (Å²) in [6.07, 6.45) is -2.86. The Morgan fingerprint density at radius 2 is 1.23 bits per heavy atom. The first kappa shape index (κ1) is 74.7. The molecule has 1 aliphatic rings. The summed E-state index contributed by atoms with van der Waals surface area (Å²) >= 11 is 5.88. The van der Waals surface area contributed by atoms with E-state index in [2.05, 4.69) is 44.1 Å². The number of aliphatic hydroxyl groups excluding tert-OH is 4. The number of benzene rings is 1. The van der Waals surface area contributed by atoms with Gasteiger partial charge in [-0.25, -0.2) is 9.59 Å². The molecule has 9 amide bonds. The van der Waals surface area contributed by atoms with Crippen molar-refractivity contribution in [2.45, 2.75) is 183 Å². The van der Waals surface area contributed by atoms with Crippen LogP contribution in [0.5, 0.6) is 0 Å². The molecular formula is C54H85ClN12O19. The number of hydrogen-bond donors (Lipinski definition) is 18. The number of carbonyl (C=O) groups is 12. The van der Waals surface area contributed by atoms with Crippen LogP contribution in [-0.2, 0) is 68.7 Å². The molecule has 0 spiro atoms. The highest BCUT2D eigenvalue weighted by Crippen LogP contribution is 2.20. The van der Waals surface area contributed by atoms with E-state index < -0.39 is 181 Å². The second kappa shape index (κ2) is 39.3. The number of halogens is 1. The number of carbonyl (C=O) groups excluding carboxylic acids is 10. The first-order valence-electron chi connectivity index (χ1n) is 28.3. The molecule has 0 saturated carbocycles. The Hall–Kier alpha value is -7.39. The maximum atomic E-state index is 14.3. The molecule has 0 aromatic heterocycles. The predicted octanol–water partition coefficient (Wildman–Crippen LogP) is -4.80. The van der Waals surface area contributed by atoms with Crippen molar-refractivity contribution >= 4 is 82.7 Å². The molecule has 482 valence electrons. The molecule has 0 unspecified atom stereocenters. The number of esters is 1. The van der Waals surface area contributed by atoms with Crippen LogP contribution in [0.1, 0.15) is 121 Å². The molecule has 1 aliphatic heterocycles. The fourth-order valence-electron chi connectivity index (χ4n) is 8.58. The van der Waals surface area contributed by atoms with Gasteiger partial charge in [-0.2, -0.15) is 0 Å². The molecule has 1 heterocycles. The molecule has 0 bridgehead atoms. The number of aliphatic carboxylic acids is 2. The summed E-state index contributed by atoms with van der Waals surface area (Å²) in [6, 6.07) is -9.17. The summed E-state index contributed by atoms with van der Waals surface area (Å²) in [5, 5.41) is 82.8. The fourth-order valence-corrected chi connectivity index (χ4v) is 8.76. The lowest BCUT2D eigenvalue weighted by atomic mass is 9.99. The van der Waals surface area contributed by atoms with E-state index in [0.29, 0.717) is 12.0 Å². The van der Waals surface area contributed by atoms with Crippen LogP contribution in [0.25, 0.3) is 0 Å². The van der Waals surface area contributed by atoms with Gasteiger partial charge in [-0.1, -0.05) is 69.4 Å². The fraction of sp³-hybridized carbons (Fsp3) is 0.630.